The molecule has 0 fully saturated rings. The van der Waals surface area contributed by atoms with Crippen molar-refractivity contribution in [3.8, 4) is 0 Å². The van der Waals surface area contributed by atoms with Gasteiger partial charge in [-0.3, -0.25) is 14.9 Å². The quantitative estimate of drug-likeness (QED) is 0.423. The molecule has 1 heterocycles. The van der Waals surface area contributed by atoms with Gasteiger partial charge in [-0.15, -0.1) is 6.58 Å². The zero-order valence-corrected chi connectivity index (χ0v) is 13.3. The minimum Gasteiger partial charge on any atom is -0.331 e. The second-order valence-corrected chi connectivity index (χ2v) is 5.40. The largest absolute Gasteiger partial charge is 0.331 e. The fraction of sp³-hybridized carbons (Fsp3) is 0.118. The molecule has 8 heteroatoms. The first kappa shape index (κ1) is 16.3. The van der Waals surface area contributed by atoms with Crippen LogP contribution in [0.1, 0.15) is 15.9 Å². The summed E-state index contributed by atoms with van der Waals surface area (Å²) >= 11 is 0. The van der Waals surface area contributed by atoms with Gasteiger partial charge in [0.1, 0.15) is 11.0 Å². The Labute approximate surface area is 142 Å². The van der Waals surface area contributed by atoms with Gasteiger partial charge in [0.25, 0.3) is 11.6 Å². The molecule has 25 heavy (non-hydrogen) atoms. The lowest BCUT2D eigenvalue weighted by Crippen LogP contribution is -2.31. The Morgan fingerprint density at radius 1 is 1.28 bits per heavy atom. The van der Waals surface area contributed by atoms with Crippen LogP contribution < -0.4 is 0 Å². The number of H-pyrrole nitrogens is 1. The standard InChI is InChI=1S/C17H15N5O3/c1-2-9-21(11-12-5-3-6-13(10-12)22(24)25)17(23)14-7-4-8-15-16(14)19-20-18-15/h2-8,10H,1,9,11H2,(H,18,19,20). The van der Waals surface area contributed by atoms with Gasteiger partial charge in [-0.1, -0.05) is 24.3 Å². The summed E-state index contributed by atoms with van der Waals surface area (Å²) in [5, 5.41) is 21.4. The van der Waals surface area contributed by atoms with E-state index in [-0.39, 0.29) is 18.1 Å². The molecular formula is C17H15N5O3. The van der Waals surface area contributed by atoms with Crippen molar-refractivity contribution in [3.63, 3.8) is 0 Å². The molecule has 0 aliphatic carbocycles. The van der Waals surface area contributed by atoms with Crippen molar-refractivity contribution in [2.24, 2.45) is 0 Å². The summed E-state index contributed by atoms with van der Waals surface area (Å²) < 4.78 is 0. The second-order valence-electron chi connectivity index (χ2n) is 5.40. The van der Waals surface area contributed by atoms with Crippen molar-refractivity contribution < 1.29 is 9.72 Å². The van der Waals surface area contributed by atoms with Crippen LogP contribution in [0.2, 0.25) is 0 Å². The molecule has 3 rings (SSSR count). The molecule has 0 spiro atoms. The number of aromatic nitrogens is 3. The molecule has 0 saturated carbocycles. The summed E-state index contributed by atoms with van der Waals surface area (Å²) in [7, 11) is 0. The van der Waals surface area contributed by atoms with Gasteiger partial charge in [-0.2, -0.15) is 15.4 Å². The molecule has 3 aromatic rings. The van der Waals surface area contributed by atoms with E-state index in [1.807, 2.05) is 0 Å². The van der Waals surface area contributed by atoms with Gasteiger partial charge < -0.3 is 4.90 Å². The topological polar surface area (TPSA) is 105 Å². The predicted molar refractivity (Wildman–Crippen MR) is 91.9 cm³/mol. The fourth-order valence-electron chi connectivity index (χ4n) is 2.57. The Morgan fingerprint density at radius 2 is 2.08 bits per heavy atom. The first-order chi connectivity index (χ1) is 12.1. The maximum Gasteiger partial charge on any atom is 0.269 e. The molecule has 0 bridgehead atoms. The van der Waals surface area contributed by atoms with E-state index in [0.717, 1.165) is 0 Å². The van der Waals surface area contributed by atoms with E-state index < -0.39 is 4.92 Å². The number of nitro benzene ring substituents is 1. The molecule has 0 aliphatic rings. The van der Waals surface area contributed by atoms with E-state index in [9.17, 15) is 14.9 Å². The number of fused-ring (bicyclic) bond motifs is 1. The van der Waals surface area contributed by atoms with Crippen LogP contribution in [0.15, 0.2) is 55.1 Å². The van der Waals surface area contributed by atoms with E-state index in [1.165, 1.54) is 12.1 Å². The van der Waals surface area contributed by atoms with E-state index >= 15 is 0 Å². The van der Waals surface area contributed by atoms with Crippen LogP contribution in [0.25, 0.3) is 11.0 Å². The number of carbonyl (C=O) groups excluding carboxylic acids is 1. The lowest BCUT2D eigenvalue weighted by Gasteiger charge is -2.21. The van der Waals surface area contributed by atoms with Crippen LogP contribution in [0.4, 0.5) is 5.69 Å². The number of amides is 1. The number of para-hydroxylation sites is 1. The molecule has 0 unspecified atom stereocenters. The molecular weight excluding hydrogens is 322 g/mol. The first-order valence-electron chi connectivity index (χ1n) is 7.53. The summed E-state index contributed by atoms with van der Waals surface area (Å²) in [6.45, 7) is 4.20. The zero-order chi connectivity index (χ0) is 17.8. The van der Waals surface area contributed by atoms with E-state index in [0.29, 0.717) is 28.7 Å². The SMILES string of the molecule is C=CCN(Cc1cccc([N+](=O)[O-])c1)C(=O)c1cccc2n[nH]nc12. The van der Waals surface area contributed by atoms with Crippen LogP contribution in [0.5, 0.6) is 0 Å². The van der Waals surface area contributed by atoms with Gasteiger partial charge in [-0.25, -0.2) is 0 Å². The van der Waals surface area contributed by atoms with Gasteiger partial charge in [0.15, 0.2) is 0 Å². The number of benzene rings is 2. The van der Waals surface area contributed by atoms with Crippen molar-refractivity contribution in [3.05, 3.63) is 76.4 Å². The maximum absolute atomic E-state index is 12.9. The third-order valence-electron chi connectivity index (χ3n) is 3.71. The number of rotatable bonds is 6. The van der Waals surface area contributed by atoms with Crippen molar-refractivity contribution in [1.29, 1.82) is 0 Å². The molecule has 126 valence electrons. The first-order valence-corrected chi connectivity index (χ1v) is 7.53. The van der Waals surface area contributed by atoms with Crippen LogP contribution in [0, 0.1) is 10.1 Å². The van der Waals surface area contributed by atoms with Crippen LogP contribution in [0.3, 0.4) is 0 Å². The molecule has 0 aliphatic heterocycles. The highest BCUT2D eigenvalue weighted by Gasteiger charge is 2.20. The third kappa shape index (κ3) is 3.37. The maximum atomic E-state index is 12.9. The Balaban J connectivity index is 1.92. The number of hydrogen-bond acceptors (Lipinski definition) is 5. The fourth-order valence-corrected chi connectivity index (χ4v) is 2.57. The number of nitrogens with one attached hydrogen (secondary N) is 1. The van der Waals surface area contributed by atoms with Crippen molar-refractivity contribution in [2.45, 2.75) is 6.54 Å². The average molecular weight is 337 g/mol. The van der Waals surface area contributed by atoms with Crippen LogP contribution in [-0.2, 0) is 6.54 Å². The molecule has 1 aromatic heterocycles. The number of hydrogen-bond donors (Lipinski definition) is 1. The normalized spacial score (nSPS) is 10.6. The second kappa shape index (κ2) is 6.91. The molecule has 1 amide bonds. The average Bonchev–Trinajstić information content (AvgIpc) is 3.09. The third-order valence-corrected chi connectivity index (χ3v) is 3.71. The van der Waals surface area contributed by atoms with Gasteiger partial charge in [-0.05, 0) is 17.7 Å². The molecule has 0 saturated heterocycles. The Bertz CT molecular complexity index is 950. The number of aromatic amines is 1. The number of nitro groups is 1. The smallest absolute Gasteiger partial charge is 0.269 e. The Hall–Kier alpha value is -3.55. The number of non-ortho nitro benzene ring substituents is 1. The van der Waals surface area contributed by atoms with Gasteiger partial charge >= 0.3 is 0 Å². The lowest BCUT2D eigenvalue weighted by atomic mass is 10.1. The van der Waals surface area contributed by atoms with Crippen molar-refractivity contribution >= 4 is 22.6 Å². The summed E-state index contributed by atoms with van der Waals surface area (Å²) in [6, 6.07) is 11.4. The van der Waals surface area contributed by atoms with Crippen LogP contribution in [-0.4, -0.2) is 37.7 Å². The Kier molecular flexibility index (Phi) is 4.51. The van der Waals surface area contributed by atoms with E-state index in [4.69, 9.17) is 0 Å². The zero-order valence-electron chi connectivity index (χ0n) is 13.3. The highest BCUT2D eigenvalue weighted by molar-refractivity contribution is 6.04. The minimum absolute atomic E-state index is 0.0119. The minimum atomic E-state index is -0.459. The van der Waals surface area contributed by atoms with Gasteiger partial charge in [0.05, 0.1) is 10.5 Å². The van der Waals surface area contributed by atoms with Crippen molar-refractivity contribution in [1.82, 2.24) is 20.3 Å². The number of carbonyl (C=O) groups is 1. The van der Waals surface area contributed by atoms with Gasteiger partial charge in [0.2, 0.25) is 0 Å². The molecule has 2 aromatic carbocycles. The van der Waals surface area contributed by atoms with E-state index in [1.54, 1.807) is 41.3 Å². The Morgan fingerprint density at radius 3 is 2.84 bits per heavy atom. The number of nitrogens with zero attached hydrogens (tertiary/aromatic N) is 4. The lowest BCUT2D eigenvalue weighted by molar-refractivity contribution is -0.384. The highest BCUT2D eigenvalue weighted by Crippen LogP contribution is 2.19. The summed E-state index contributed by atoms with van der Waals surface area (Å²) in [4.78, 5) is 25.0. The van der Waals surface area contributed by atoms with Crippen molar-refractivity contribution in [2.75, 3.05) is 6.54 Å². The molecule has 8 nitrogen and oxygen atoms in total. The van der Waals surface area contributed by atoms with Crippen LogP contribution >= 0.6 is 0 Å². The highest BCUT2D eigenvalue weighted by atomic mass is 16.6. The summed E-state index contributed by atoms with van der Waals surface area (Å²) in [5.41, 5.74) is 2.15. The predicted octanol–water partition coefficient (Wildman–Crippen LogP) is 2.69. The van der Waals surface area contributed by atoms with E-state index in [2.05, 4.69) is 22.0 Å². The summed E-state index contributed by atoms with van der Waals surface area (Å²) in [6.07, 6.45) is 1.61. The molecule has 0 atom stereocenters. The monoisotopic (exact) mass is 337 g/mol. The molecule has 1 N–H and O–H groups in total. The summed E-state index contributed by atoms with van der Waals surface area (Å²) in [5.74, 6) is -0.245. The molecule has 0 radical (unpaired) electrons. The van der Waals surface area contributed by atoms with Gasteiger partial charge in [0, 0.05) is 25.2 Å².